The number of rotatable bonds is 6. The quantitative estimate of drug-likeness (QED) is 0.348. The average Bonchev–Trinajstić information content (AvgIpc) is 2.86. The van der Waals surface area contributed by atoms with Crippen molar-refractivity contribution in [2.24, 2.45) is 11.8 Å². The maximum atomic E-state index is 11.7. The van der Waals surface area contributed by atoms with Crippen molar-refractivity contribution < 1.29 is 19.2 Å². The Labute approximate surface area is 128 Å². The molecule has 0 heterocycles. The third kappa shape index (κ3) is 3.32. The Morgan fingerprint density at radius 2 is 2.09 bits per heavy atom. The molecule has 0 radical (unpaired) electrons. The van der Waals surface area contributed by atoms with E-state index in [0.29, 0.717) is 0 Å². The lowest BCUT2D eigenvalue weighted by Crippen LogP contribution is -2.26. The Morgan fingerprint density at radius 3 is 2.64 bits per heavy atom. The van der Waals surface area contributed by atoms with Crippen LogP contribution >= 0.6 is 0 Å². The molecule has 1 fully saturated rings. The molecule has 6 heteroatoms. The molecule has 118 valence electrons. The van der Waals surface area contributed by atoms with Crippen molar-refractivity contribution in [3.63, 3.8) is 0 Å². The van der Waals surface area contributed by atoms with Crippen LogP contribution in [0.2, 0.25) is 0 Å². The van der Waals surface area contributed by atoms with Crippen LogP contribution in [0.5, 0.6) is 0 Å². The molecule has 6 nitrogen and oxygen atoms in total. The van der Waals surface area contributed by atoms with E-state index >= 15 is 0 Å². The van der Waals surface area contributed by atoms with Gasteiger partial charge in [-0.05, 0) is 18.4 Å². The zero-order valence-electron chi connectivity index (χ0n) is 12.4. The number of benzene rings is 1. The van der Waals surface area contributed by atoms with Crippen LogP contribution in [0, 0.1) is 22.0 Å². The Balaban J connectivity index is 2.27. The van der Waals surface area contributed by atoms with Gasteiger partial charge in [-0.25, -0.2) is 0 Å². The first-order valence-electron chi connectivity index (χ1n) is 7.37. The molecule has 2 rings (SSSR count). The van der Waals surface area contributed by atoms with E-state index in [-0.39, 0.29) is 30.3 Å². The summed E-state index contributed by atoms with van der Waals surface area (Å²) in [5.74, 6) is -1.79. The van der Waals surface area contributed by atoms with Gasteiger partial charge in [0.15, 0.2) is 0 Å². The number of aldehydes is 1. The lowest BCUT2D eigenvalue weighted by atomic mass is 9.84. The summed E-state index contributed by atoms with van der Waals surface area (Å²) in [6.45, 7) is 1.97. The molecule has 1 saturated carbocycles. The third-order valence-corrected chi connectivity index (χ3v) is 4.26. The van der Waals surface area contributed by atoms with E-state index in [1.54, 1.807) is 31.2 Å². The maximum Gasteiger partial charge on any atom is 0.306 e. The van der Waals surface area contributed by atoms with Crippen molar-refractivity contribution >= 4 is 12.3 Å². The van der Waals surface area contributed by atoms with Gasteiger partial charge in [-0.1, -0.05) is 30.3 Å². The van der Waals surface area contributed by atoms with Crippen LogP contribution in [-0.4, -0.2) is 29.8 Å². The topological polar surface area (TPSA) is 86.5 Å². The molecule has 22 heavy (non-hydrogen) atoms. The van der Waals surface area contributed by atoms with Crippen molar-refractivity contribution in [1.82, 2.24) is 0 Å². The number of hydrogen-bond acceptors (Lipinski definition) is 5. The summed E-state index contributed by atoms with van der Waals surface area (Å²) in [6.07, 6.45) is 1.02. The highest BCUT2D eigenvalue weighted by Gasteiger charge is 2.50. The van der Waals surface area contributed by atoms with Crippen LogP contribution in [0.3, 0.4) is 0 Å². The average molecular weight is 305 g/mol. The largest absolute Gasteiger partial charge is 0.466 e. The lowest BCUT2D eigenvalue weighted by molar-refractivity contribution is -0.524. The Morgan fingerprint density at radius 1 is 1.41 bits per heavy atom. The highest BCUT2D eigenvalue weighted by Crippen LogP contribution is 2.45. The summed E-state index contributed by atoms with van der Waals surface area (Å²) in [5.41, 5.74) is 0.771. The first kappa shape index (κ1) is 16.1. The lowest BCUT2D eigenvalue weighted by Gasteiger charge is -2.19. The van der Waals surface area contributed by atoms with Gasteiger partial charge in [0.1, 0.15) is 6.29 Å². The predicted molar refractivity (Wildman–Crippen MR) is 78.9 cm³/mol. The van der Waals surface area contributed by atoms with Crippen molar-refractivity contribution in [2.75, 3.05) is 6.61 Å². The fraction of sp³-hybridized carbons (Fsp3) is 0.500. The first-order chi connectivity index (χ1) is 10.6. The number of hydrogen-bond donors (Lipinski definition) is 0. The second kappa shape index (κ2) is 7.15. The predicted octanol–water partition coefficient (Wildman–Crippen LogP) is 2.20. The van der Waals surface area contributed by atoms with Crippen LogP contribution in [-0.2, 0) is 14.3 Å². The van der Waals surface area contributed by atoms with Gasteiger partial charge in [-0.3, -0.25) is 14.9 Å². The molecule has 4 atom stereocenters. The third-order valence-electron chi connectivity index (χ3n) is 4.26. The monoisotopic (exact) mass is 305 g/mol. The van der Waals surface area contributed by atoms with E-state index in [1.807, 2.05) is 6.07 Å². The van der Waals surface area contributed by atoms with E-state index < -0.39 is 23.8 Å². The summed E-state index contributed by atoms with van der Waals surface area (Å²) in [6, 6.07) is 8.16. The molecule has 1 aromatic carbocycles. The molecule has 0 saturated heterocycles. The molecule has 1 aliphatic carbocycles. The summed E-state index contributed by atoms with van der Waals surface area (Å²) in [7, 11) is 0. The molecule has 0 amide bonds. The highest BCUT2D eigenvalue weighted by molar-refractivity contribution is 5.71. The molecule has 0 spiro atoms. The van der Waals surface area contributed by atoms with Crippen LogP contribution in [0.25, 0.3) is 0 Å². The van der Waals surface area contributed by atoms with Crippen LogP contribution in [0.4, 0.5) is 0 Å². The normalized spacial score (nSPS) is 27.3. The summed E-state index contributed by atoms with van der Waals surface area (Å²) in [5, 5.41) is 11.4. The van der Waals surface area contributed by atoms with Gasteiger partial charge in [0, 0.05) is 23.7 Å². The number of nitrogens with zero attached hydrogens (tertiary/aromatic N) is 1. The second-order valence-electron chi connectivity index (χ2n) is 5.51. The first-order valence-corrected chi connectivity index (χ1v) is 7.37. The Kier molecular flexibility index (Phi) is 5.25. The standard InChI is InChI=1S/C16H19NO5/c1-2-22-15(19)9-12-8-14(17(20)21)16(13(12)10-18)11-6-4-3-5-7-11/h3-7,10,12-14,16H,2,8-9H2,1H3/t12-,13-,14+,16+/m0/s1. The van der Waals surface area contributed by atoms with E-state index in [0.717, 1.165) is 11.8 Å². The molecule has 0 N–H and O–H groups in total. The van der Waals surface area contributed by atoms with Crippen LogP contribution in [0.1, 0.15) is 31.2 Å². The van der Waals surface area contributed by atoms with Gasteiger partial charge >= 0.3 is 5.97 Å². The summed E-state index contributed by atoms with van der Waals surface area (Å²) in [4.78, 5) is 34.2. The molecular formula is C16H19NO5. The van der Waals surface area contributed by atoms with Gasteiger partial charge in [0.25, 0.3) is 0 Å². The number of nitro groups is 1. The molecule has 1 aliphatic rings. The number of ether oxygens (including phenoxy) is 1. The fourth-order valence-electron chi connectivity index (χ4n) is 3.35. The van der Waals surface area contributed by atoms with Gasteiger partial charge < -0.3 is 9.53 Å². The van der Waals surface area contributed by atoms with Gasteiger partial charge in [-0.2, -0.15) is 0 Å². The number of carbonyl (C=O) groups is 2. The highest BCUT2D eigenvalue weighted by atomic mass is 16.6. The smallest absolute Gasteiger partial charge is 0.306 e. The fourth-order valence-corrected chi connectivity index (χ4v) is 3.35. The molecule has 0 aliphatic heterocycles. The van der Waals surface area contributed by atoms with Crippen LogP contribution in [0.15, 0.2) is 30.3 Å². The Bertz CT molecular complexity index is 545. The van der Waals surface area contributed by atoms with Gasteiger partial charge in [0.05, 0.1) is 12.5 Å². The molecule has 0 aromatic heterocycles. The minimum absolute atomic E-state index is 0.0465. The minimum atomic E-state index is -0.850. The van der Waals surface area contributed by atoms with E-state index in [2.05, 4.69) is 0 Å². The second-order valence-corrected chi connectivity index (χ2v) is 5.51. The molecular weight excluding hydrogens is 286 g/mol. The van der Waals surface area contributed by atoms with E-state index in [4.69, 9.17) is 4.74 Å². The zero-order chi connectivity index (χ0) is 16.1. The van der Waals surface area contributed by atoms with Gasteiger partial charge in [0.2, 0.25) is 6.04 Å². The summed E-state index contributed by atoms with van der Waals surface area (Å²) < 4.78 is 4.91. The van der Waals surface area contributed by atoms with Crippen molar-refractivity contribution in [3.8, 4) is 0 Å². The van der Waals surface area contributed by atoms with E-state index in [1.165, 1.54) is 0 Å². The van der Waals surface area contributed by atoms with Crippen LogP contribution < -0.4 is 0 Å². The Hall–Kier alpha value is -2.24. The SMILES string of the molecule is CCOC(=O)C[C@@H]1C[C@@H]([N+](=O)[O-])[C@H](c2ccccc2)[C@H]1C=O. The molecule has 0 bridgehead atoms. The van der Waals surface area contributed by atoms with E-state index in [9.17, 15) is 19.7 Å². The maximum absolute atomic E-state index is 11.7. The van der Waals surface area contributed by atoms with Crippen molar-refractivity contribution in [2.45, 2.75) is 31.7 Å². The minimum Gasteiger partial charge on any atom is -0.466 e. The number of carbonyl (C=O) groups excluding carboxylic acids is 2. The summed E-state index contributed by atoms with van der Waals surface area (Å²) >= 11 is 0. The van der Waals surface area contributed by atoms with Crippen molar-refractivity contribution in [1.29, 1.82) is 0 Å². The number of esters is 1. The van der Waals surface area contributed by atoms with Gasteiger partial charge in [-0.15, -0.1) is 0 Å². The zero-order valence-corrected chi connectivity index (χ0v) is 12.4. The molecule has 1 aromatic rings. The molecule has 0 unspecified atom stereocenters. The van der Waals surface area contributed by atoms with Crippen molar-refractivity contribution in [3.05, 3.63) is 46.0 Å².